The highest BCUT2D eigenvalue weighted by Gasteiger charge is 2.42. The lowest BCUT2D eigenvalue weighted by Crippen LogP contribution is -2.18. The Morgan fingerprint density at radius 1 is 1.25 bits per heavy atom. The summed E-state index contributed by atoms with van der Waals surface area (Å²) in [5, 5.41) is 7.67. The fraction of sp³-hybridized carbons (Fsp3) is 0.533. The second-order valence-corrected chi connectivity index (χ2v) is 5.82. The number of pyridine rings is 1. The normalized spacial score (nSPS) is 28.7. The summed E-state index contributed by atoms with van der Waals surface area (Å²) in [6, 6.07) is 4.23. The van der Waals surface area contributed by atoms with Crippen LogP contribution in [0, 0.1) is 11.8 Å². The Bertz CT molecular complexity index is 583. The van der Waals surface area contributed by atoms with Crippen LogP contribution in [0.3, 0.4) is 0 Å². The van der Waals surface area contributed by atoms with Gasteiger partial charge in [-0.25, -0.2) is 0 Å². The molecule has 5 nitrogen and oxygen atoms in total. The van der Waals surface area contributed by atoms with Gasteiger partial charge in [-0.05, 0) is 48.9 Å². The van der Waals surface area contributed by atoms with E-state index in [0.717, 1.165) is 29.7 Å². The van der Waals surface area contributed by atoms with Gasteiger partial charge in [0.25, 0.3) is 0 Å². The van der Waals surface area contributed by atoms with E-state index in [2.05, 4.69) is 20.4 Å². The highest BCUT2D eigenvalue weighted by Crippen LogP contribution is 2.43. The molecule has 0 spiro atoms. The molecule has 1 N–H and O–H groups in total. The summed E-state index contributed by atoms with van der Waals surface area (Å²) >= 11 is 0. The predicted molar refractivity (Wildman–Crippen MR) is 72.9 cm³/mol. The molecule has 2 aliphatic rings. The number of hydrogen-bond acceptors (Lipinski definition) is 5. The maximum atomic E-state index is 5.49. The minimum Gasteiger partial charge on any atom is -0.338 e. The van der Waals surface area contributed by atoms with Crippen molar-refractivity contribution in [2.24, 2.45) is 11.8 Å². The summed E-state index contributed by atoms with van der Waals surface area (Å²) in [6.07, 6.45) is 8.24. The Hall–Kier alpha value is -1.75. The van der Waals surface area contributed by atoms with E-state index in [0.29, 0.717) is 12.3 Å². The van der Waals surface area contributed by atoms with Crippen LogP contribution < -0.4 is 5.32 Å². The Balaban J connectivity index is 1.51. The van der Waals surface area contributed by atoms with Crippen molar-refractivity contribution in [3.05, 3.63) is 41.8 Å². The van der Waals surface area contributed by atoms with E-state index in [1.165, 1.54) is 19.3 Å². The Morgan fingerprint density at radius 2 is 2.15 bits per heavy atom. The van der Waals surface area contributed by atoms with Gasteiger partial charge in [-0.1, -0.05) is 11.6 Å². The van der Waals surface area contributed by atoms with Crippen molar-refractivity contribution in [1.29, 1.82) is 0 Å². The van der Waals surface area contributed by atoms with Crippen molar-refractivity contribution in [3.63, 3.8) is 0 Å². The van der Waals surface area contributed by atoms with E-state index in [-0.39, 0.29) is 6.04 Å². The zero-order chi connectivity index (χ0) is 13.4. The van der Waals surface area contributed by atoms with E-state index < -0.39 is 0 Å². The van der Waals surface area contributed by atoms with Crippen LogP contribution in [0.1, 0.15) is 42.6 Å². The van der Waals surface area contributed by atoms with Gasteiger partial charge in [-0.15, -0.1) is 0 Å². The lowest BCUT2D eigenvalue weighted by Gasteiger charge is -2.13. The predicted octanol–water partition coefficient (Wildman–Crippen LogP) is 2.12. The third-order valence-corrected chi connectivity index (χ3v) is 4.61. The average Bonchev–Trinajstić information content (AvgIpc) is 3.15. The number of nitrogens with zero attached hydrogens (tertiary/aromatic N) is 3. The third kappa shape index (κ3) is 2.12. The molecule has 0 radical (unpaired) electrons. The van der Waals surface area contributed by atoms with Gasteiger partial charge in [0.05, 0.1) is 6.04 Å². The quantitative estimate of drug-likeness (QED) is 0.925. The molecule has 2 aromatic heterocycles. The summed E-state index contributed by atoms with van der Waals surface area (Å²) in [5.41, 5.74) is 1.16. The number of aromatic nitrogens is 3. The first-order valence-corrected chi connectivity index (χ1v) is 7.35. The van der Waals surface area contributed by atoms with Crippen molar-refractivity contribution in [2.75, 3.05) is 6.54 Å². The molecule has 1 saturated heterocycles. The van der Waals surface area contributed by atoms with Gasteiger partial charge in [-0.3, -0.25) is 4.98 Å². The summed E-state index contributed by atoms with van der Waals surface area (Å²) in [7, 11) is 0. The lowest BCUT2D eigenvalue weighted by atomic mass is 9.94. The van der Waals surface area contributed by atoms with Crippen LogP contribution >= 0.6 is 0 Å². The van der Waals surface area contributed by atoms with Crippen LogP contribution in [0.4, 0.5) is 0 Å². The highest BCUT2D eigenvalue weighted by atomic mass is 16.5. The van der Waals surface area contributed by atoms with E-state index >= 15 is 0 Å². The molecule has 1 aliphatic carbocycles. The van der Waals surface area contributed by atoms with Crippen LogP contribution in [0.15, 0.2) is 29.0 Å². The van der Waals surface area contributed by atoms with Gasteiger partial charge in [0, 0.05) is 18.8 Å². The van der Waals surface area contributed by atoms with Crippen molar-refractivity contribution in [3.8, 4) is 0 Å². The first kappa shape index (κ1) is 12.0. The molecule has 104 valence electrons. The molecule has 20 heavy (non-hydrogen) atoms. The Kier molecular flexibility index (Phi) is 2.99. The molecule has 3 unspecified atom stereocenters. The first-order chi connectivity index (χ1) is 9.90. The lowest BCUT2D eigenvalue weighted by molar-refractivity contribution is 0.301. The second kappa shape index (κ2) is 4.98. The summed E-state index contributed by atoms with van der Waals surface area (Å²) in [4.78, 5) is 8.60. The van der Waals surface area contributed by atoms with E-state index in [1.54, 1.807) is 12.4 Å². The van der Waals surface area contributed by atoms with Gasteiger partial charge in [-0.2, -0.15) is 4.98 Å². The van der Waals surface area contributed by atoms with Crippen molar-refractivity contribution in [1.82, 2.24) is 20.4 Å². The molecule has 0 bridgehead atoms. The zero-order valence-corrected chi connectivity index (χ0v) is 11.3. The van der Waals surface area contributed by atoms with Gasteiger partial charge in [0.15, 0.2) is 5.82 Å². The van der Waals surface area contributed by atoms with Crippen molar-refractivity contribution >= 4 is 0 Å². The van der Waals surface area contributed by atoms with Crippen LogP contribution in [0.25, 0.3) is 0 Å². The standard InChI is InChI=1S/C15H18N4O/c1-2-11-9-17-14(12(11)3-1)15-18-13(19-20-15)8-10-4-6-16-7-5-10/h4-7,11-12,14,17H,1-3,8-9H2. The van der Waals surface area contributed by atoms with Crippen LogP contribution in [-0.2, 0) is 6.42 Å². The van der Waals surface area contributed by atoms with E-state index in [4.69, 9.17) is 4.52 Å². The third-order valence-electron chi connectivity index (χ3n) is 4.61. The molecule has 4 rings (SSSR count). The monoisotopic (exact) mass is 270 g/mol. The van der Waals surface area contributed by atoms with Gasteiger partial charge in [0.2, 0.25) is 5.89 Å². The molecule has 1 saturated carbocycles. The topological polar surface area (TPSA) is 63.8 Å². The summed E-state index contributed by atoms with van der Waals surface area (Å²) in [6.45, 7) is 1.09. The van der Waals surface area contributed by atoms with Gasteiger partial charge >= 0.3 is 0 Å². The van der Waals surface area contributed by atoms with Crippen LogP contribution in [0.5, 0.6) is 0 Å². The molecular weight excluding hydrogens is 252 g/mol. The maximum Gasteiger partial charge on any atom is 0.244 e. The second-order valence-electron chi connectivity index (χ2n) is 5.82. The van der Waals surface area contributed by atoms with Crippen molar-refractivity contribution in [2.45, 2.75) is 31.7 Å². The Morgan fingerprint density at radius 3 is 3.05 bits per heavy atom. The number of hydrogen-bond donors (Lipinski definition) is 1. The molecule has 2 aromatic rings. The molecule has 2 fully saturated rings. The van der Waals surface area contributed by atoms with Crippen molar-refractivity contribution < 1.29 is 4.52 Å². The largest absolute Gasteiger partial charge is 0.338 e. The SMILES string of the molecule is c1cc(Cc2noc(C3NCC4CCCC43)n2)ccn1. The molecule has 1 aliphatic heterocycles. The zero-order valence-electron chi connectivity index (χ0n) is 11.3. The minimum atomic E-state index is 0.265. The van der Waals surface area contributed by atoms with Gasteiger partial charge in [0.1, 0.15) is 0 Å². The average molecular weight is 270 g/mol. The van der Waals surface area contributed by atoms with Crippen LogP contribution in [0.2, 0.25) is 0 Å². The van der Waals surface area contributed by atoms with Gasteiger partial charge < -0.3 is 9.84 Å². The highest BCUT2D eigenvalue weighted by molar-refractivity contribution is 5.15. The maximum absolute atomic E-state index is 5.49. The fourth-order valence-electron chi connectivity index (χ4n) is 3.61. The number of fused-ring (bicyclic) bond motifs is 1. The summed E-state index contributed by atoms with van der Waals surface area (Å²) in [5.74, 6) is 3.01. The first-order valence-electron chi connectivity index (χ1n) is 7.35. The Labute approximate surface area is 117 Å². The molecule has 0 amide bonds. The fourth-order valence-corrected chi connectivity index (χ4v) is 3.61. The van der Waals surface area contributed by atoms with E-state index in [1.807, 2.05) is 12.1 Å². The molecular formula is C15H18N4O. The van der Waals surface area contributed by atoms with E-state index in [9.17, 15) is 0 Å². The number of rotatable bonds is 3. The summed E-state index contributed by atoms with van der Waals surface area (Å²) < 4.78 is 5.49. The van der Waals surface area contributed by atoms with Crippen LogP contribution in [-0.4, -0.2) is 21.7 Å². The molecule has 3 heterocycles. The minimum absolute atomic E-state index is 0.265. The number of nitrogens with one attached hydrogen (secondary N) is 1. The molecule has 3 atom stereocenters. The molecule has 5 heteroatoms. The molecule has 0 aromatic carbocycles. The smallest absolute Gasteiger partial charge is 0.244 e.